The molecule has 0 radical (unpaired) electrons. The van der Waals surface area contributed by atoms with E-state index in [-0.39, 0.29) is 0 Å². The van der Waals surface area contributed by atoms with E-state index in [0.717, 1.165) is 25.5 Å². The van der Waals surface area contributed by atoms with Crippen LogP contribution < -0.4 is 4.90 Å². The first-order valence-electron chi connectivity index (χ1n) is 8.06. The molecule has 4 nitrogen and oxygen atoms in total. The van der Waals surface area contributed by atoms with Gasteiger partial charge in [-0.1, -0.05) is 0 Å². The predicted molar refractivity (Wildman–Crippen MR) is 100 cm³/mol. The SMILES string of the molecule is Cc1sc2c(c1CCN(C=O)c1cncc(Br)c1C=O)CCCC2. The second-order valence-corrected chi connectivity index (χ2v) is 8.13. The van der Waals surface area contributed by atoms with Gasteiger partial charge in [-0.05, 0) is 66.1 Å². The molecule has 2 aromatic rings. The minimum atomic E-state index is 0.459. The fraction of sp³-hybridized carbons (Fsp3) is 0.389. The highest BCUT2D eigenvalue weighted by Gasteiger charge is 2.20. The van der Waals surface area contributed by atoms with Gasteiger partial charge in [-0.2, -0.15) is 0 Å². The number of rotatable bonds is 6. The summed E-state index contributed by atoms with van der Waals surface area (Å²) in [5.41, 5.74) is 3.90. The Hall–Kier alpha value is -1.53. The van der Waals surface area contributed by atoms with Crippen LogP contribution in [0.15, 0.2) is 16.9 Å². The summed E-state index contributed by atoms with van der Waals surface area (Å²) < 4.78 is 0.603. The van der Waals surface area contributed by atoms with Gasteiger partial charge in [0.05, 0.1) is 17.4 Å². The minimum absolute atomic E-state index is 0.459. The standard InChI is InChI=1S/C18H19BrN2O2S/c1-12-13(14-4-2-3-5-18(14)24-12)6-7-21(11-23)17-9-20-8-16(19)15(17)10-22/h8-11H,2-7H2,1H3. The van der Waals surface area contributed by atoms with Crippen molar-refractivity contribution >= 4 is 45.7 Å². The molecule has 6 heteroatoms. The summed E-state index contributed by atoms with van der Waals surface area (Å²) in [4.78, 5) is 31.5. The Kier molecular flexibility index (Phi) is 5.46. The van der Waals surface area contributed by atoms with Gasteiger partial charge in [0, 0.05) is 27.0 Å². The van der Waals surface area contributed by atoms with Crippen LogP contribution in [0.2, 0.25) is 0 Å². The number of pyridine rings is 1. The number of halogens is 1. The highest BCUT2D eigenvalue weighted by molar-refractivity contribution is 9.10. The summed E-state index contributed by atoms with van der Waals surface area (Å²) >= 11 is 5.22. The molecule has 0 spiro atoms. The topological polar surface area (TPSA) is 50.3 Å². The molecular formula is C18H19BrN2O2S. The molecule has 2 aromatic heterocycles. The number of amides is 1. The quantitative estimate of drug-likeness (QED) is 0.678. The highest BCUT2D eigenvalue weighted by atomic mass is 79.9. The van der Waals surface area contributed by atoms with Crippen LogP contribution in [0.4, 0.5) is 5.69 Å². The van der Waals surface area contributed by atoms with Crippen LogP contribution >= 0.6 is 27.3 Å². The molecule has 2 heterocycles. The fourth-order valence-electron chi connectivity index (χ4n) is 3.34. The van der Waals surface area contributed by atoms with Crippen LogP contribution in [0, 0.1) is 6.92 Å². The van der Waals surface area contributed by atoms with Crippen LogP contribution in [0.3, 0.4) is 0 Å². The predicted octanol–water partition coefficient (Wildman–Crippen LogP) is 4.11. The van der Waals surface area contributed by atoms with E-state index in [0.29, 0.717) is 22.3 Å². The third kappa shape index (κ3) is 3.30. The van der Waals surface area contributed by atoms with Crippen molar-refractivity contribution in [2.24, 2.45) is 0 Å². The summed E-state index contributed by atoms with van der Waals surface area (Å²) in [5, 5.41) is 0. The largest absolute Gasteiger partial charge is 0.312 e. The number of aromatic nitrogens is 1. The van der Waals surface area contributed by atoms with Gasteiger partial charge in [-0.15, -0.1) is 11.3 Å². The van der Waals surface area contributed by atoms with Crippen molar-refractivity contribution in [3.8, 4) is 0 Å². The summed E-state index contributed by atoms with van der Waals surface area (Å²) in [6.45, 7) is 2.72. The highest BCUT2D eigenvalue weighted by Crippen LogP contribution is 2.34. The number of carbonyl (C=O) groups is 2. The van der Waals surface area contributed by atoms with E-state index in [9.17, 15) is 9.59 Å². The summed E-state index contributed by atoms with van der Waals surface area (Å²) in [6.07, 6.45) is 10.3. The monoisotopic (exact) mass is 406 g/mol. The zero-order valence-electron chi connectivity index (χ0n) is 13.5. The zero-order valence-corrected chi connectivity index (χ0v) is 16.0. The summed E-state index contributed by atoms with van der Waals surface area (Å²) in [7, 11) is 0. The van der Waals surface area contributed by atoms with E-state index in [4.69, 9.17) is 0 Å². The summed E-state index contributed by atoms with van der Waals surface area (Å²) in [5.74, 6) is 0. The summed E-state index contributed by atoms with van der Waals surface area (Å²) in [6, 6.07) is 0. The van der Waals surface area contributed by atoms with E-state index in [2.05, 4.69) is 27.8 Å². The average molecular weight is 407 g/mol. The number of aldehydes is 1. The Balaban J connectivity index is 1.83. The molecule has 1 aliphatic rings. The molecule has 1 aliphatic carbocycles. The molecule has 24 heavy (non-hydrogen) atoms. The molecule has 0 atom stereocenters. The Morgan fingerprint density at radius 2 is 2.08 bits per heavy atom. The van der Waals surface area contributed by atoms with Crippen molar-refractivity contribution in [3.05, 3.63) is 43.3 Å². The number of hydrogen-bond donors (Lipinski definition) is 0. The van der Waals surface area contributed by atoms with Crippen LogP contribution in [-0.4, -0.2) is 24.2 Å². The third-order valence-corrected chi connectivity index (χ3v) is 6.44. The van der Waals surface area contributed by atoms with Gasteiger partial charge < -0.3 is 4.90 Å². The maximum atomic E-state index is 11.6. The van der Waals surface area contributed by atoms with Crippen LogP contribution in [0.5, 0.6) is 0 Å². The van der Waals surface area contributed by atoms with Gasteiger partial charge in [0.15, 0.2) is 6.29 Å². The molecular weight excluding hydrogens is 388 g/mol. The van der Waals surface area contributed by atoms with E-state index in [1.54, 1.807) is 17.3 Å². The first kappa shape index (κ1) is 17.3. The lowest BCUT2D eigenvalue weighted by molar-refractivity contribution is -0.107. The molecule has 0 fully saturated rings. The molecule has 0 bridgehead atoms. The van der Waals surface area contributed by atoms with Crippen molar-refractivity contribution in [3.63, 3.8) is 0 Å². The van der Waals surface area contributed by atoms with Crippen LogP contribution in [-0.2, 0) is 24.1 Å². The maximum absolute atomic E-state index is 11.6. The molecule has 3 rings (SSSR count). The molecule has 0 unspecified atom stereocenters. The Morgan fingerprint density at radius 3 is 2.83 bits per heavy atom. The van der Waals surface area contributed by atoms with Gasteiger partial charge in [0.2, 0.25) is 6.41 Å². The lowest BCUT2D eigenvalue weighted by atomic mass is 9.93. The minimum Gasteiger partial charge on any atom is -0.312 e. The van der Waals surface area contributed by atoms with E-state index in [1.807, 2.05) is 11.3 Å². The molecule has 0 saturated heterocycles. The molecule has 0 N–H and O–H groups in total. The van der Waals surface area contributed by atoms with E-state index >= 15 is 0 Å². The third-order valence-electron chi connectivity index (χ3n) is 4.56. The lowest BCUT2D eigenvalue weighted by Gasteiger charge is -2.20. The first-order chi connectivity index (χ1) is 11.7. The molecule has 0 aromatic carbocycles. The van der Waals surface area contributed by atoms with E-state index in [1.165, 1.54) is 40.1 Å². The number of fused-ring (bicyclic) bond motifs is 1. The second kappa shape index (κ2) is 7.57. The fourth-order valence-corrected chi connectivity index (χ4v) is 5.07. The van der Waals surface area contributed by atoms with Gasteiger partial charge in [-0.25, -0.2) is 0 Å². The Morgan fingerprint density at radius 1 is 1.29 bits per heavy atom. The number of hydrogen-bond acceptors (Lipinski definition) is 4. The first-order valence-corrected chi connectivity index (χ1v) is 9.67. The van der Waals surface area contributed by atoms with Crippen molar-refractivity contribution in [2.45, 2.75) is 39.0 Å². The van der Waals surface area contributed by atoms with Gasteiger partial charge in [0.1, 0.15) is 0 Å². The zero-order chi connectivity index (χ0) is 17.1. The van der Waals surface area contributed by atoms with Crippen LogP contribution in [0.1, 0.15) is 44.1 Å². The maximum Gasteiger partial charge on any atom is 0.214 e. The molecule has 0 saturated carbocycles. The van der Waals surface area contributed by atoms with Crippen molar-refractivity contribution in [2.75, 3.05) is 11.4 Å². The Bertz CT molecular complexity index is 773. The Labute approximate surface area is 154 Å². The van der Waals surface area contributed by atoms with Crippen molar-refractivity contribution in [1.29, 1.82) is 0 Å². The molecule has 0 aliphatic heterocycles. The number of carbonyl (C=O) groups excluding carboxylic acids is 2. The second-order valence-electron chi connectivity index (χ2n) is 5.97. The average Bonchev–Trinajstić information content (AvgIpc) is 2.91. The number of thiophene rings is 1. The van der Waals surface area contributed by atoms with Crippen molar-refractivity contribution in [1.82, 2.24) is 4.98 Å². The number of aryl methyl sites for hydroxylation is 2. The molecule has 126 valence electrons. The van der Waals surface area contributed by atoms with Crippen LogP contribution in [0.25, 0.3) is 0 Å². The molecule has 1 amide bonds. The van der Waals surface area contributed by atoms with Gasteiger partial charge in [0.25, 0.3) is 0 Å². The van der Waals surface area contributed by atoms with Crippen molar-refractivity contribution < 1.29 is 9.59 Å². The van der Waals surface area contributed by atoms with E-state index < -0.39 is 0 Å². The van der Waals surface area contributed by atoms with Gasteiger partial charge >= 0.3 is 0 Å². The number of nitrogens with zero attached hydrogens (tertiary/aromatic N) is 2. The number of anilines is 1. The smallest absolute Gasteiger partial charge is 0.214 e. The normalized spacial score (nSPS) is 13.4. The van der Waals surface area contributed by atoms with Gasteiger partial charge in [-0.3, -0.25) is 14.6 Å². The lowest BCUT2D eigenvalue weighted by Crippen LogP contribution is -2.25.